The van der Waals surface area contributed by atoms with Crippen molar-refractivity contribution in [3.63, 3.8) is 0 Å². The van der Waals surface area contributed by atoms with E-state index in [2.05, 4.69) is 16.0 Å². The molecule has 1 aliphatic rings. The molecule has 1 atom stereocenters. The monoisotopic (exact) mass is 369 g/mol. The van der Waals surface area contributed by atoms with E-state index in [0.717, 1.165) is 5.75 Å². The van der Waals surface area contributed by atoms with Gasteiger partial charge in [-0.15, -0.1) is 0 Å². The predicted octanol–water partition coefficient (Wildman–Crippen LogP) is 1.56. The molecule has 3 N–H and O–H groups in total. The van der Waals surface area contributed by atoms with E-state index < -0.39 is 6.04 Å². The summed E-state index contributed by atoms with van der Waals surface area (Å²) in [5.41, 5.74) is 0.568. The molecule has 2 aromatic rings. The first-order valence-electron chi connectivity index (χ1n) is 8.93. The van der Waals surface area contributed by atoms with E-state index in [1.54, 1.807) is 12.1 Å². The number of piperazine rings is 1. The summed E-state index contributed by atoms with van der Waals surface area (Å²) in [6, 6.07) is 16.2. The van der Waals surface area contributed by atoms with Crippen LogP contribution >= 0.6 is 0 Å². The Hall–Kier alpha value is -3.06. The molecule has 0 radical (unpaired) electrons. The van der Waals surface area contributed by atoms with Gasteiger partial charge in [-0.1, -0.05) is 30.3 Å². The number of ether oxygens (including phenoxy) is 2. The first-order valence-corrected chi connectivity index (χ1v) is 8.93. The molecule has 2 aromatic carbocycles. The molecule has 2 amide bonds. The van der Waals surface area contributed by atoms with Crippen LogP contribution in [-0.2, 0) is 9.59 Å². The number of rotatable bonds is 8. The Morgan fingerprint density at radius 1 is 1.00 bits per heavy atom. The van der Waals surface area contributed by atoms with Crippen LogP contribution in [0.2, 0.25) is 0 Å². The van der Waals surface area contributed by atoms with Crippen molar-refractivity contribution in [2.24, 2.45) is 0 Å². The smallest absolute Gasteiger partial charge is 0.237 e. The lowest BCUT2D eigenvalue weighted by molar-refractivity contribution is -0.127. The average Bonchev–Trinajstić information content (AvgIpc) is 2.69. The number of carbonyl (C=O) groups excluding carboxylic acids is 2. The van der Waals surface area contributed by atoms with Gasteiger partial charge in [-0.05, 0) is 24.3 Å². The zero-order chi connectivity index (χ0) is 18.9. The van der Waals surface area contributed by atoms with E-state index in [9.17, 15) is 9.59 Å². The molecule has 7 heteroatoms. The fourth-order valence-corrected chi connectivity index (χ4v) is 2.72. The lowest BCUT2D eigenvalue weighted by Gasteiger charge is -2.23. The summed E-state index contributed by atoms with van der Waals surface area (Å²) in [5.74, 6) is 0.935. The molecule has 1 unspecified atom stereocenters. The fraction of sp³-hybridized carbons (Fsp3) is 0.300. The van der Waals surface area contributed by atoms with Crippen molar-refractivity contribution in [3.05, 3.63) is 54.6 Å². The minimum absolute atomic E-state index is 0.0668. The maximum absolute atomic E-state index is 12.3. The van der Waals surface area contributed by atoms with E-state index in [4.69, 9.17) is 9.47 Å². The van der Waals surface area contributed by atoms with Gasteiger partial charge in [-0.2, -0.15) is 0 Å². The number of benzene rings is 2. The SMILES string of the molecule is O=C(CC1NCCNC1=O)Nc1ccccc1OCCOc1ccccc1. The topological polar surface area (TPSA) is 88.7 Å². The van der Waals surface area contributed by atoms with Gasteiger partial charge < -0.3 is 25.4 Å². The summed E-state index contributed by atoms with van der Waals surface area (Å²) in [6.07, 6.45) is 0.0668. The van der Waals surface area contributed by atoms with Crippen LogP contribution in [0.3, 0.4) is 0 Å². The highest BCUT2D eigenvalue weighted by atomic mass is 16.5. The van der Waals surface area contributed by atoms with Gasteiger partial charge in [0.1, 0.15) is 24.7 Å². The largest absolute Gasteiger partial charge is 0.490 e. The second-order valence-corrected chi connectivity index (χ2v) is 6.06. The maximum Gasteiger partial charge on any atom is 0.237 e. The normalized spacial score (nSPS) is 16.3. The summed E-state index contributed by atoms with van der Waals surface area (Å²) in [5, 5.41) is 8.59. The Kier molecular flexibility index (Phi) is 6.65. The summed E-state index contributed by atoms with van der Waals surface area (Å²) >= 11 is 0. The third kappa shape index (κ3) is 5.72. The first kappa shape index (κ1) is 18.7. The molecular weight excluding hydrogens is 346 g/mol. The Morgan fingerprint density at radius 3 is 2.56 bits per heavy atom. The van der Waals surface area contributed by atoms with Crippen molar-refractivity contribution in [2.75, 3.05) is 31.6 Å². The first-order chi connectivity index (χ1) is 13.2. The second kappa shape index (κ2) is 9.59. The molecular formula is C20H23N3O4. The number of amides is 2. The molecule has 0 saturated carbocycles. The molecule has 1 heterocycles. The van der Waals surface area contributed by atoms with E-state index in [1.165, 1.54) is 0 Å². The van der Waals surface area contributed by atoms with E-state index >= 15 is 0 Å². The van der Waals surface area contributed by atoms with Crippen LogP contribution in [0.4, 0.5) is 5.69 Å². The number of anilines is 1. The molecule has 3 rings (SSSR count). The van der Waals surface area contributed by atoms with Crippen molar-refractivity contribution in [1.82, 2.24) is 10.6 Å². The van der Waals surface area contributed by atoms with Gasteiger partial charge in [-0.25, -0.2) is 0 Å². The van der Waals surface area contributed by atoms with Crippen LogP contribution in [0.5, 0.6) is 11.5 Å². The molecule has 1 saturated heterocycles. The summed E-state index contributed by atoms with van der Waals surface area (Å²) in [6.45, 7) is 1.97. The fourth-order valence-electron chi connectivity index (χ4n) is 2.72. The number of nitrogens with one attached hydrogen (secondary N) is 3. The van der Waals surface area contributed by atoms with Crippen LogP contribution in [0.15, 0.2) is 54.6 Å². The van der Waals surface area contributed by atoms with Crippen LogP contribution in [-0.4, -0.2) is 44.2 Å². The molecule has 142 valence electrons. The highest BCUT2D eigenvalue weighted by Crippen LogP contribution is 2.24. The predicted molar refractivity (Wildman–Crippen MR) is 102 cm³/mol. The minimum Gasteiger partial charge on any atom is -0.490 e. The average molecular weight is 369 g/mol. The van der Waals surface area contributed by atoms with Gasteiger partial charge in [0.05, 0.1) is 18.2 Å². The highest BCUT2D eigenvalue weighted by Gasteiger charge is 2.24. The Labute approximate surface area is 158 Å². The molecule has 0 aliphatic carbocycles. The van der Waals surface area contributed by atoms with Crippen molar-refractivity contribution >= 4 is 17.5 Å². The van der Waals surface area contributed by atoms with Crippen LogP contribution in [0.1, 0.15) is 6.42 Å². The number of hydrogen-bond donors (Lipinski definition) is 3. The molecule has 0 bridgehead atoms. The van der Waals surface area contributed by atoms with Gasteiger partial charge >= 0.3 is 0 Å². The molecule has 7 nitrogen and oxygen atoms in total. The summed E-state index contributed by atoms with van der Waals surface area (Å²) < 4.78 is 11.3. The minimum atomic E-state index is -0.508. The third-order valence-electron chi connectivity index (χ3n) is 4.03. The van der Waals surface area contributed by atoms with Crippen molar-refractivity contribution in [1.29, 1.82) is 0 Å². The van der Waals surface area contributed by atoms with Gasteiger partial charge in [0.25, 0.3) is 0 Å². The van der Waals surface area contributed by atoms with Gasteiger partial charge in [-0.3, -0.25) is 9.59 Å². The molecule has 1 fully saturated rings. The van der Waals surface area contributed by atoms with E-state index in [1.807, 2.05) is 42.5 Å². The molecule has 1 aliphatic heterocycles. The Bertz CT molecular complexity index is 767. The number of carbonyl (C=O) groups is 2. The highest BCUT2D eigenvalue weighted by molar-refractivity contribution is 5.96. The van der Waals surface area contributed by atoms with Gasteiger partial charge in [0.2, 0.25) is 11.8 Å². The summed E-state index contributed by atoms with van der Waals surface area (Å²) in [7, 11) is 0. The van der Waals surface area contributed by atoms with E-state index in [0.29, 0.717) is 37.7 Å². The lowest BCUT2D eigenvalue weighted by Crippen LogP contribution is -2.53. The van der Waals surface area contributed by atoms with Crippen molar-refractivity contribution in [2.45, 2.75) is 12.5 Å². The molecule has 0 spiro atoms. The number of para-hydroxylation sites is 3. The standard InChI is InChI=1S/C20H23N3O4/c24-19(14-17-20(25)22-11-10-21-17)23-16-8-4-5-9-18(16)27-13-12-26-15-6-2-1-3-7-15/h1-9,17,21H,10-14H2,(H,22,25)(H,23,24). The van der Waals surface area contributed by atoms with Crippen LogP contribution < -0.4 is 25.4 Å². The van der Waals surface area contributed by atoms with Crippen LogP contribution in [0.25, 0.3) is 0 Å². The zero-order valence-corrected chi connectivity index (χ0v) is 14.9. The maximum atomic E-state index is 12.3. The lowest BCUT2D eigenvalue weighted by atomic mass is 10.1. The van der Waals surface area contributed by atoms with Crippen molar-refractivity contribution < 1.29 is 19.1 Å². The zero-order valence-electron chi connectivity index (χ0n) is 14.9. The number of hydrogen-bond acceptors (Lipinski definition) is 5. The van der Waals surface area contributed by atoms with E-state index in [-0.39, 0.29) is 18.2 Å². The Balaban J connectivity index is 1.49. The second-order valence-electron chi connectivity index (χ2n) is 6.06. The van der Waals surface area contributed by atoms with Gasteiger partial charge in [0, 0.05) is 13.1 Å². The van der Waals surface area contributed by atoms with Crippen molar-refractivity contribution in [3.8, 4) is 11.5 Å². The third-order valence-corrected chi connectivity index (χ3v) is 4.03. The molecule has 27 heavy (non-hydrogen) atoms. The van der Waals surface area contributed by atoms with Gasteiger partial charge in [0.15, 0.2) is 0 Å². The Morgan fingerprint density at radius 2 is 1.74 bits per heavy atom. The molecule has 0 aromatic heterocycles. The van der Waals surface area contributed by atoms with Crippen LogP contribution in [0, 0.1) is 0 Å². The quantitative estimate of drug-likeness (QED) is 0.615. The summed E-state index contributed by atoms with van der Waals surface area (Å²) in [4.78, 5) is 24.0.